The van der Waals surface area contributed by atoms with Crippen molar-refractivity contribution in [2.75, 3.05) is 7.05 Å². The van der Waals surface area contributed by atoms with Gasteiger partial charge >= 0.3 is 0 Å². The third kappa shape index (κ3) is 3.62. The summed E-state index contributed by atoms with van der Waals surface area (Å²) in [5.41, 5.74) is 8.20. The summed E-state index contributed by atoms with van der Waals surface area (Å²) in [5.74, 6) is -0.356. The maximum atomic E-state index is 11.7. The highest BCUT2D eigenvalue weighted by Gasteiger charge is 2.23. The highest BCUT2D eigenvalue weighted by Crippen LogP contribution is 2.24. The number of primary amides is 1. The lowest BCUT2D eigenvalue weighted by Crippen LogP contribution is -2.34. The average molecular weight is 340 g/mol. The standard InChI is InChI=1S/C13H14BrN3OS/c1-17(7-11-6-16-8-19-11)12(13(15)18)9-3-2-4-10(14)5-9/h2-6,8,12H,7H2,1H3,(H2,15,18)/t12-/m1/s1. The molecule has 0 spiro atoms. The molecule has 0 aliphatic heterocycles. The Balaban J connectivity index is 2.22. The summed E-state index contributed by atoms with van der Waals surface area (Å²) in [6, 6.07) is 7.20. The molecule has 1 aromatic carbocycles. The number of likely N-dealkylation sites (N-methyl/N-ethyl adjacent to an activating group) is 1. The molecule has 1 aromatic heterocycles. The van der Waals surface area contributed by atoms with Crippen LogP contribution in [0.15, 0.2) is 40.4 Å². The Morgan fingerprint density at radius 2 is 2.37 bits per heavy atom. The largest absolute Gasteiger partial charge is 0.368 e. The number of nitrogens with zero attached hydrogens (tertiary/aromatic N) is 2. The highest BCUT2D eigenvalue weighted by atomic mass is 79.9. The highest BCUT2D eigenvalue weighted by molar-refractivity contribution is 9.10. The van der Waals surface area contributed by atoms with Gasteiger partial charge in [-0.15, -0.1) is 11.3 Å². The normalized spacial score (nSPS) is 12.6. The van der Waals surface area contributed by atoms with E-state index in [-0.39, 0.29) is 5.91 Å². The number of halogens is 1. The first kappa shape index (κ1) is 14.2. The minimum absolute atomic E-state index is 0.356. The first-order valence-corrected chi connectivity index (χ1v) is 7.37. The van der Waals surface area contributed by atoms with Gasteiger partial charge in [0.05, 0.1) is 5.51 Å². The van der Waals surface area contributed by atoms with Crippen LogP contribution in [0.25, 0.3) is 0 Å². The van der Waals surface area contributed by atoms with Crippen molar-refractivity contribution in [3.05, 3.63) is 50.9 Å². The second kappa shape index (κ2) is 6.27. The summed E-state index contributed by atoms with van der Waals surface area (Å²) >= 11 is 4.98. The number of amides is 1. The molecule has 0 unspecified atom stereocenters. The molecule has 1 amide bonds. The van der Waals surface area contributed by atoms with Crippen molar-refractivity contribution < 1.29 is 4.79 Å². The number of hydrogen-bond acceptors (Lipinski definition) is 4. The lowest BCUT2D eigenvalue weighted by Gasteiger charge is -2.25. The van der Waals surface area contributed by atoms with Crippen molar-refractivity contribution in [3.8, 4) is 0 Å². The minimum atomic E-state index is -0.445. The van der Waals surface area contributed by atoms with E-state index in [0.29, 0.717) is 6.54 Å². The number of benzene rings is 1. The molecule has 0 bridgehead atoms. The molecule has 4 nitrogen and oxygen atoms in total. The van der Waals surface area contributed by atoms with Gasteiger partial charge in [-0.3, -0.25) is 14.7 Å². The van der Waals surface area contributed by atoms with Crippen molar-refractivity contribution in [2.24, 2.45) is 5.73 Å². The molecule has 2 N–H and O–H groups in total. The monoisotopic (exact) mass is 339 g/mol. The Kier molecular flexibility index (Phi) is 4.68. The molecule has 0 aliphatic carbocycles. The molecule has 2 rings (SSSR count). The molecular weight excluding hydrogens is 326 g/mol. The molecule has 19 heavy (non-hydrogen) atoms. The van der Waals surface area contributed by atoms with Gasteiger partial charge in [0.15, 0.2) is 0 Å². The summed E-state index contributed by atoms with van der Waals surface area (Å²) in [5, 5.41) is 0. The van der Waals surface area contributed by atoms with E-state index in [2.05, 4.69) is 20.9 Å². The number of aromatic nitrogens is 1. The van der Waals surface area contributed by atoms with Crippen LogP contribution in [0.4, 0.5) is 0 Å². The Bertz CT molecular complexity index is 559. The zero-order valence-electron chi connectivity index (χ0n) is 10.4. The van der Waals surface area contributed by atoms with Crippen molar-refractivity contribution in [2.45, 2.75) is 12.6 Å². The predicted molar refractivity (Wildman–Crippen MR) is 79.7 cm³/mol. The maximum absolute atomic E-state index is 11.7. The van der Waals surface area contributed by atoms with Crippen molar-refractivity contribution in [1.82, 2.24) is 9.88 Å². The zero-order chi connectivity index (χ0) is 13.8. The van der Waals surface area contributed by atoms with Crippen LogP contribution in [0, 0.1) is 0 Å². The van der Waals surface area contributed by atoms with Crippen molar-refractivity contribution in [3.63, 3.8) is 0 Å². The summed E-state index contributed by atoms with van der Waals surface area (Å²) in [4.78, 5) is 18.8. The van der Waals surface area contributed by atoms with E-state index in [4.69, 9.17) is 5.73 Å². The third-order valence-corrected chi connectivity index (χ3v) is 4.02. The van der Waals surface area contributed by atoms with Crippen LogP contribution in [-0.2, 0) is 11.3 Å². The Morgan fingerprint density at radius 3 is 2.95 bits per heavy atom. The molecule has 0 radical (unpaired) electrons. The van der Waals surface area contributed by atoms with Crippen LogP contribution in [0.5, 0.6) is 0 Å². The van der Waals surface area contributed by atoms with E-state index >= 15 is 0 Å². The Morgan fingerprint density at radius 1 is 1.58 bits per heavy atom. The van der Waals surface area contributed by atoms with E-state index < -0.39 is 6.04 Å². The van der Waals surface area contributed by atoms with Crippen LogP contribution in [0.2, 0.25) is 0 Å². The van der Waals surface area contributed by atoms with E-state index in [0.717, 1.165) is 14.9 Å². The number of carbonyl (C=O) groups is 1. The fourth-order valence-corrected chi connectivity index (χ4v) is 3.04. The fraction of sp³-hybridized carbons (Fsp3) is 0.231. The van der Waals surface area contributed by atoms with Crippen LogP contribution < -0.4 is 5.73 Å². The lowest BCUT2D eigenvalue weighted by molar-refractivity contribution is -0.123. The molecule has 2 aromatic rings. The third-order valence-electron chi connectivity index (χ3n) is 2.76. The molecule has 0 fully saturated rings. The van der Waals surface area contributed by atoms with E-state index in [9.17, 15) is 4.79 Å². The first-order valence-electron chi connectivity index (χ1n) is 5.70. The quantitative estimate of drug-likeness (QED) is 0.910. The summed E-state index contributed by atoms with van der Waals surface area (Å²) < 4.78 is 0.933. The SMILES string of the molecule is CN(Cc1cncs1)[C@@H](C(N)=O)c1cccc(Br)c1. The number of rotatable bonds is 5. The van der Waals surface area contributed by atoms with E-state index in [1.165, 1.54) is 0 Å². The second-order valence-electron chi connectivity index (χ2n) is 4.24. The minimum Gasteiger partial charge on any atom is -0.368 e. The number of thiazole rings is 1. The smallest absolute Gasteiger partial charge is 0.239 e. The van der Waals surface area contributed by atoms with Crippen LogP contribution in [-0.4, -0.2) is 22.8 Å². The summed E-state index contributed by atoms with van der Waals surface area (Å²) in [6.45, 7) is 0.644. The molecule has 0 saturated carbocycles. The number of hydrogen-bond donors (Lipinski definition) is 1. The van der Waals surface area contributed by atoms with Gasteiger partial charge in [-0.1, -0.05) is 28.1 Å². The molecule has 0 saturated heterocycles. The van der Waals surface area contributed by atoms with Gasteiger partial charge in [0, 0.05) is 22.1 Å². The van der Waals surface area contributed by atoms with Crippen LogP contribution in [0.1, 0.15) is 16.5 Å². The molecule has 6 heteroatoms. The molecular formula is C13H14BrN3OS. The Hall–Kier alpha value is -1.24. The Labute approximate surface area is 124 Å². The molecule has 1 heterocycles. The number of nitrogens with two attached hydrogens (primary N) is 1. The predicted octanol–water partition coefficient (Wildman–Crippen LogP) is 2.56. The van der Waals surface area contributed by atoms with Gasteiger partial charge in [-0.2, -0.15) is 0 Å². The zero-order valence-corrected chi connectivity index (χ0v) is 12.8. The van der Waals surface area contributed by atoms with Gasteiger partial charge in [-0.25, -0.2) is 0 Å². The summed E-state index contributed by atoms with van der Waals surface area (Å²) in [6.07, 6.45) is 1.81. The first-order chi connectivity index (χ1) is 9.08. The topological polar surface area (TPSA) is 59.2 Å². The van der Waals surface area contributed by atoms with Gasteiger partial charge in [0.2, 0.25) is 5.91 Å². The lowest BCUT2D eigenvalue weighted by atomic mass is 10.1. The van der Waals surface area contributed by atoms with Gasteiger partial charge in [0.1, 0.15) is 6.04 Å². The average Bonchev–Trinajstić information content (AvgIpc) is 2.81. The second-order valence-corrected chi connectivity index (χ2v) is 6.13. The maximum Gasteiger partial charge on any atom is 0.239 e. The molecule has 100 valence electrons. The van der Waals surface area contributed by atoms with Gasteiger partial charge < -0.3 is 5.73 Å². The summed E-state index contributed by atoms with van der Waals surface area (Å²) in [7, 11) is 1.88. The van der Waals surface area contributed by atoms with Crippen molar-refractivity contribution in [1.29, 1.82) is 0 Å². The fourth-order valence-electron chi connectivity index (χ4n) is 1.97. The van der Waals surface area contributed by atoms with Gasteiger partial charge in [-0.05, 0) is 24.7 Å². The molecule has 0 aliphatic rings. The van der Waals surface area contributed by atoms with E-state index in [1.807, 2.05) is 36.2 Å². The van der Waals surface area contributed by atoms with Crippen molar-refractivity contribution >= 4 is 33.2 Å². The van der Waals surface area contributed by atoms with E-state index in [1.54, 1.807) is 23.0 Å². The number of carbonyl (C=O) groups excluding carboxylic acids is 1. The molecule has 1 atom stereocenters. The van der Waals surface area contributed by atoms with Gasteiger partial charge in [0.25, 0.3) is 0 Å². The van der Waals surface area contributed by atoms with Crippen LogP contribution in [0.3, 0.4) is 0 Å². The van der Waals surface area contributed by atoms with Crippen LogP contribution >= 0.6 is 27.3 Å².